The van der Waals surface area contributed by atoms with Gasteiger partial charge in [0.25, 0.3) is 0 Å². The summed E-state index contributed by atoms with van der Waals surface area (Å²) in [4.78, 5) is 1.37. The monoisotopic (exact) mass is 326 g/mol. The van der Waals surface area contributed by atoms with Crippen LogP contribution in [0.3, 0.4) is 0 Å². The lowest BCUT2D eigenvalue weighted by Gasteiger charge is -2.14. The summed E-state index contributed by atoms with van der Waals surface area (Å²) in [7, 11) is 0. The number of rotatable bonds is 8. The summed E-state index contributed by atoms with van der Waals surface area (Å²) in [5.41, 5.74) is 1.14. The molecule has 0 saturated heterocycles. The van der Waals surface area contributed by atoms with Crippen molar-refractivity contribution in [1.82, 2.24) is 0 Å². The van der Waals surface area contributed by atoms with Gasteiger partial charge in [0, 0.05) is 5.56 Å². The Morgan fingerprint density at radius 1 is 1.14 bits per heavy atom. The Hall–Kier alpha value is -1.23. The fourth-order valence-electron chi connectivity index (χ4n) is 2.10. The summed E-state index contributed by atoms with van der Waals surface area (Å²) in [5, 5.41) is 4.97. The van der Waals surface area contributed by atoms with Gasteiger partial charge in [0.15, 0.2) is 11.5 Å². The lowest BCUT2D eigenvalue weighted by atomic mass is 10.2. The highest BCUT2D eigenvalue weighted by atomic mass is 35.5. The van der Waals surface area contributed by atoms with E-state index in [4.69, 9.17) is 21.1 Å². The molecule has 0 atom stereocenters. The summed E-state index contributed by atoms with van der Waals surface area (Å²) >= 11 is 8.09. The fourth-order valence-corrected chi connectivity index (χ4v) is 3.09. The molecule has 2 rings (SSSR count). The predicted octanol–water partition coefficient (Wildman–Crippen LogP) is 3.46. The molecular formula is C16H21ClNO2S+. The van der Waals surface area contributed by atoms with Crippen LogP contribution >= 0.6 is 22.9 Å². The molecule has 0 aliphatic carbocycles. The van der Waals surface area contributed by atoms with Crippen molar-refractivity contribution in [3.05, 3.63) is 45.1 Å². The van der Waals surface area contributed by atoms with Crippen molar-refractivity contribution in [1.29, 1.82) is 0 Å². The van der Waals surface area contributed by atoms with Crippen LogP contribution in [0.15, 0.2) is 29.6 Å². The SMILES string of the molecule is CCOc1cc(C[NH2+]Cc2cccs2)cc(Cl)c1OCC. The predicted molar refractivity (Wildman–Crippen MR) is 87.4 cm³/mol. The number of nitrogens with two attached hydrogens (primary N) is 1. The van der Waals surface area contributed by atoms with Gasteiger partial charge in [-0.25, -0.2) is 0 Å². The molecule has 0 aliphatic heterocycles. The van der Waals surface area contributed by atoms with Gasteiger partial charge in [-0.05, 0) is 37.4 Å². The van der Waals surface area contributed by atoms with Crippen molar-refractivity contribution < 1.29 is 14.8 Å². The number of quaternary nitrogens is 1. The Morgan fingerprint density at radius 2 is 1.95 bits per heavy atom. The second-order valence-electron chi connectivity index (χ2n) is 4.55. The summed E-state index contributed by atoms with van der Waals surface area (Å²) in [5.74, 6) is 1.37. The Morgan fingerprint density at radius 3 is 2.62 bits per heavy atom. The van der Waals surface area contributed by atoms with Gasteiger partial charge < -0.3 is 14.8 Å². The van der Waals surface area contributed by atoms with Crippen LogP contribution in [0.5, 0.6) is 11.5 Å². The highest BCUT2D eigenvalue weighted by Gasteiger charge is 2.13. The van der Waals surface area contributed by atoms with Crippen LogP contribution in [0.1, 0.15) is 24.3 Å². The first-order chi connectivity index (χ1) is 10.2. The number of benzene rings is 1. The van der Waals surface area contributed by atoms with Gasteiger partial charge in [-0.3, -0.25) is 0 Å². The first kappa shape index (κ1) is 16.1. The number of ether oxygens (including phenoxy) is 2. The largest absolute Gasteiger partial charge is 0.490 e. The topological polar surface area (TPSA) is 35.1 Å². The molecule has 21 heavy (non-hydrogen) atoms. The van der Waals surface area contributed by atoms with E-state index in [0.29, 0.717) is 24.0 Å². The highest BCUT2D eigenvalue weighted by Crippen LogP contribution is 2.36. The van der Waals surface area contributed by atoms with E-state index in [0.717, 1.165) is 24.4 Å². The van der Waals surface area contributed by atoms with Gasteiger partial charge in [0.05, 0.1) is 23.1 Å². The van der Waals surface area contributed by atoms with Crippen molar-refractivity contribution in [2.75, 3.05) is 13.2 Å². The maximum absolute atomic E-state index is 6.31. The standard InChI is InChI=1S/C16H20ClNO2S/c1-3-19-15-9-12(8-14(17)16(15)20-4-2)10-18-11-13-6-5-7-21-13/h5-9,18H,3-4,10-11H2,1-2H3/p+1. The molecule has 1 aromatic heterocycles. The molecule has 3 nitrogen and oxygen atoms in total. The Kier molecular flexibility index (Phi) is 6.36. The Balaban J connectivity index is 2.05. The van der Waals surface area contributed by atoms with Gasteiger partial charge in [0.1, 0.15) is 13.1 Å². The smallest absolute Gasteiger partial charge is 0.179 e. The number of hydrogen-bond acceptors (Lipinski definition) is 3. The van der Waals surface area contributed by atoms with Crippen molar-refractivity contribution in [2.45, 2.75) is 26.9 Å². The van der Waals surface area contributed by atoms with Gasteiger partial charge in [-0.1, -0.05) is 17.7 Å². The second kappa shape index (κ2) is 8.27. The molecule has 1 aromatic carbocycles. The molecule has 0 radical (unpaired) electrons. The van der Waals surface area contributed by atoms with Gasteiger partial charge in [-0.2, -0.15) is 0 Å². The number of halogens is 1. The van der Waals surface area contributed by atoms with Crippen LogP contribution in [0, 0.1) is 0 Å². The first-order valence-corrected chi connectivity index (χ1v) is 8.42. The first-order valence-electron chi connectivity index (χ1n) is 7.16. The molecule has 2 aromatic rings. The van der Waals surface area contributed by atoms with Crippen molar-refractivity contribution >= 4 is 22.9 Å². The third-order valence-electron chi connectivity index (χ3n) is 2.96. The molecule has 0 spiro atoms. The summed E-state index contributed by atoms with van der Waals surface area (Å²) in [6.07, 6.45) is 0. The van der Waals surface area contributed by atoms with Gasteiger partial charge in [-0.15, -0.1) is 11.3 Å². The van der Waals surface area contributed by atoms with E-state index in [1.165, 1.54) is 4.88 Å². The minimum atomic E-state index is 0.573. The van der Waals surface area contributed by atoms with E-state index in [-0.39, 0.29) is 0 Å². The van der Waals surface area contributed by atoms with Crippen LogP contribution in [-0.2, 0) is 13.1 Å². The molecule has 5 heteroatoms. The van der Waals surface area contributed by atoms with E-state index >= 15 is 0 Å². The normalized spacial score (nSPS) is 10.6. The number of hydrogen-bond donors (Lipinski definition) is 1. The summed E-state index contributed by atoms with van der Waals surface area (Å²) < 4.78 is 11.2. The summed E-state index contributed by atoms with van der Waals surface area (Å²) in [6.45, 7) is 6.91. The van der Waals surface area contributed by atoms with E-state index in [1.807, 2.05) is 26.0 Å². The minimum Gasteiger partial charge on any atom is -0.490 e. The van der Waals surface area contributed by atoms with Gasteiger partial charge in [0.2, 0.25) is 0 Å². The molecule has 0 unspecified atom stereocenters. The molecule has 0 bridgehead atoms. The molecule has 0 amide bonds. The average Bonchev–Trinajstić information content (AvgIpc) is 2.96. The Labute approximate surface area is 134 Å². The van der Waals surface area contributed by atoms with Crippen molar-refractivity contribution in [3.8, 4) is 11.5 Å². The summed E-state index contributed by atoms with van der Waals surface area (Å²) in [6, 6.07) is 8.21. The lowest BCUT2D eigenvalue weighted by molar-refractivity contribution is -0.685. The van der Waals surface area contributed by atoms with E-state index in [2.05, 4.69) is 22.8 Å². The molecule has 0 saturated carbocycles. The van der Waals surface area contributed by atoms with Crippen molar-refractivity contribution in [3.63, 3.8) is 0 Å². The zero-order valence-corrected chi connectivity index (χ0v) is 14.0. The van der Waals surface area contributed by atoms with Crippen LogP contribution < -0.4 is 14.8 Å². The Bertz CT molecular complexity index is 558. The third-order valence-corrected chi connectivity index (χ3v) is 4.14. The van der Waals surface area contributed by atoms with Crippen molar-refractivity contribution in [2.24, 2.45) is 0 Å². The molecule has 0 aliphatic rings. The third kappa shape index (κ3) is 4.63. The van der Waals surface area contributed by atoms with E-state index in [9.17, 15) is 0 Å². The molecule has 1 heterocycles. The quantitative estimate of drug-likeness (QED) is 0.806. The molecule has 114 valence electrons. The van der Waals surface area contributed by atoms with E-state index < -0.39 is 0 Å². The van der Waals surface area contributed by atoms with Crippen LogP contribution in [-0.4, -0.2) is 13.2 Å². The molecular weight excluding hydrogens is 306 g/mol. The van der Waals surface area contributed by atoms with Gasteiger partial charge >= 0.3 is 0 Å². The fraction of sp³-hybridized carbons (Fsp3) is 0.375. The van der Waals surface area contributed by atoms with Crippen LogP contribution in [0.25, 0.3) is 0 Å². The number of thiophene rings is 1. The van der Waals surface area contributed by atoms with Crippen LogP contribution in [0.4, 0.5) is 0 Å². The average molecular weight is 327 g/mol. The lowest BCUT2D eigenvalue weighted by Crippen LogP contribution is -2.80. The minimum absolute atomic E-state index is 0.573. The second-order valence-corrected chi connectivity index (χ2v) is 5.99. The highest BCUT2D eigenvalue weighted by molar-refractivity contribution is 7.09. The molecule has 0 fully saturated rings. The zero-order valence-electron chi connectivity index (χ0n) is 12.4. The maximum atomic E-state index is 6.31. The van der Waals surface area contributed by atoms with E-state index in [1.54, 1.807) is 11.3 Å². The zero-order chi connectivity index (χ0) is 15.1. The maximum Gasteiger partial charge on any atom is 0.179 e. The van der Waals surface area contributed by atoms with Crippen LogP contribution in [0.2, 0.25) is 5.02 Å². The molecule has 2 N–H and O–H groups in total.